The molecule has 0 aliphatic rings. The molecule has 16 heavy (non-hydrogen) atoms. The van der Waals surface area contributed by atoms with Crippen LogP contribution in [0.15, 0.2) is 15.7 Å². The van der Waals surface area contributed by atoms with Gasteiger partial charge in [0.1, 0.15) is 9.50 Å². The van der Waals surface area contributed by atoms with E-state index >= 15 is 0 Å². The zero-order chi connectivity index (χ0) is 12.5. The van der Waals surface area contributed by atoms with Crippen molar-refractivity contribution in [2.24, 2.45) is 0 Å². The summed E-state index contributed by atoms with van der Waals surface area (Å²) in [5.41, 5.74) is -0.649. The van der Waals surface area contributed by atoms with E-state index in [0.717, 1.165) is 13.3 Å². The van der Waals surface area contributed by atoms with Gasteiger partial charge in [-0.3, -0.25) is 0 Å². The summed E-state index contributed by atoms with van der Waals surface area (Å²) in [5, 5.41) is 0. The summed E-state index contributed by atoms with van der Waals surface area (Å²) >= 11 is 2.78. The predicted octanol–water partition coefficient (Wildman–Crippen LogP) is 2.72. The van der Waals surface area contributed by atoms with Gasteiger partial charge in [0.2, 0.25) is 0 Å². The van der Waals surface area contributed by atoms with Crippen molar-refractivity contribution in [3.05, 3.63) is 16.4 Å². The molecule has 90 valence electrons. The Morgan fingerprint density at radius 2 is 2.12 bits per heavy atom. The molecule has 4 nitrogen and oxygen atoms in total. The predicted molar refractivity (Wildman–Crippen MR) is 56.5 cm³/mol. The Morgan fingerprint density at radius 1 is 1.56 bits per heavy atom. The summed E-state index contributed by atoms with van der Waals surface area (Å²) in [4.78, 5) is 2.88. The van der Waals surface area contributed by atoms with Gasteiger partial charge in [-0.2, -0.15) is 0 Å². The number of ether oxygens (including phenoxy) is 1. The number of alkyl halides is 2. The van der Waals surface area contributed by atoms with Crippen LogP contribution in [0.4, 0.5) is 8.78 Å². The molecule has 0 bridgehead atoms. The highest BCUT2D eigenvalue weighted by Crippen LogP contribution is 2.39. The lowest BCUT2D eigenvalue weighted by atomic mass is 10.2. The molecule has 0 aliphatic heterocycles. The summed E-state index contributed by atoms with van der Waals surface area (Å²) in [6.07, 6.45) is -2.09. The van der Waals surface area contributed by atoms with Gasteiger partial charge in [0.15, 0.2) is 5.75 Å². The van der Waals surface area contributed by atoms with Crippen LogP contribution in [0.1, 0.15) is 12.0 Å². The van der Waals surface area contributed by atoms with E-state index in [9.17, 15) is 17.2 Å². The highest BCUT2D eigenvalue weighted by atomic mass is 79.9. The third kappa shape index (κ3) is 2.61. The van der Waals surface area contributed by atoms with Gasteiger partial charge in [0.25, 0.3) is 15.5 Å². The molecular weight excluding hydrogens is 332 g/mol. The second-order valence-corrected chi connectivity index (χ2v) is 5.88. The molecule has 0 fully saturated rings. The Kier molecular flexibility index (Phi) is 4.08. The van der Waals surface area contributed by atoms with Crippen LogP contribution in [-0.4, -0.2) is 20.5 Å². The van der Waals surface area contributed by atoms with Gasteiger partial charge in [-0.25, -0.2) is 22.2 Å². The lowest BCUT2D eigenvalue weighted by molar-refractivity contribution is 0.145. The van der Waals surface area contributed by atoms with E-state index in [-0.39, 0.29) is 4.60 Å². The summed E-state index contributed by atoms with van der Waals surface area (Å²) in [5.74, 6) is -0.508. The molecule has 0 saturated carbocycles. The maximum absolute atomic E-state index is 12.7. The number of methoxy groups -OCH3 is 1. The number of hydrogen-bond donors (Lipinski definition) is 0. The first-order chi connectivity index (χ1) is 7.29. The minimum Gasteiger partial charge on any atom is -0.495 e. The Hall–Kier alpha value is -0.470. The maximum atomic E-state index is 12.7. The van der Waals surface area contributed by atoms with E-state index in [2.05, 4.69) is 25.7 Å². The van der Waals surface area contributed by atoms with Crippen molar-refractivity contribution in [2.75, 3.05) is 7.11 Å². The quantitative estimate of drug-likeness (QED) is 0.629. The zero-order valence-electron chi connectivity index (χ0n) is 7.75. The second kappa shape index (κ2) is 4.80. The zero-order valence-corrected chi connectivity index (χ0v) is 10.9. The van der Waals surface area contributed by atoms with Crippen molar-refractivity contribution in [2.45, 2.75) is 11.3 Å². The van der Waals surface area contributed by atoms with E-state index < -0.39 is 31.7 Å². The first kappa shape index (κ1) is 13.6. The van der Waals surface area contributed by atoms with Crippen LogP contribution in [0.5, 0.6) is 5.75 Å². The summed E-state index contributed by atoms with van der Waals surface area (Å²) in [6, 6.07) is 0. The highest BCUT2D eigenvalue weighted by molar-refractivity contribution is 9.10. The van der Waals surface area contributed by atoms with Crippen LogP contribution in [-0.2, 0) is 9.05 Å². The van der Waals surface area contributed by atoms with Gasteiger partial charge in [0, 0.05) is 10.7 Å². The topological polar surface area (TPSA) is 56.3 Å². The Bertz CT molecular complexity index is 509. The van der Waals surface area contributed by atoms with Crippen molar-refractivity contribution in [3.8, 4) is 5.75 Å². The molecule has 1 aromatic rings. The molecule has 1 rings (SSSR count). The molecule has 0 aromatic carbocycles. The average Bonchev–Trinajstić information content (AvgIpc) is 2.14. The van der Waals surface area contributed by atoms with Gasteiger partial charge < -0.3 is 4.74 Å². The van der Waals surface area contributed by atoms with Gasteiger partial charge in [-0.15, -0.1) is 0 Å². The fourth-order valence-electron chi connectivity index (χ4n) is 1.04. The standard InChI is InChI=1S/C7H5BrClF2NO3S/c1-15-5-3(16(9,13)14)2-12-6(8)4(5)7(10)11/h2,7H,1H3. The highest BCUT2D eigenvalue weighted by Gasteiger charge is 2.27. The molecular formula is C7H5BrClF2NO3S. The van der Waals surface area contributed by atoms with Crippen molar-refractivity contribution in [3.63, 3.8) is 0 Å². The van der Waals surface area contributed by atoms with Crippen molar-refractivity contribution < 1.29 is 21.9 Å². The van der Waals surface area contributed by atoms with Gasteiger partial charge in [-0.1, -0.05) is 0 Å². The van der Waals surface area contributed by atoms with Crippen molar-refractivity contribution in [1.29, 1.82) is 0 Å². The monoisotopic (exact) mass is 335 g/mol. The van der Waals surface area contributed by atoms with Crippen molar-refractivity contribution >= 4 is 35.7 Å². The summed E-state index contributed by atoms with van der Waals surface area (Å²) < 4.78 is 51.9. The number of pyridine rings is 1. The summed E-state index contributed by atoms with van der Waals surface area (Å²) in [7, 11) is 1.94. The normalized spacial score (nSPS) is 11.9. The average molecular weight is 337 g/mol. The van der Waals surface area contributed by atoms with Crippen molar-refractivity contribution in [1.82, 2.24) is 4.98 Å². The molecule has 0 amide bonds. The molecule has 0 aliphatic carbocycles. The van der Waals surface area contributed by atoms with Crippen LogP contribution in [0.3, 0.4) is 0 Å². The number of aromatic nitrogens is 1. The van der Waals surface area contributed by atoms with E-state index in [0.29, 0.717) is 0 Å². The van der Waals surface area contributed by atoms with E-state index in [1.807, 2.05) is 0 Å². The molecule has 0 saturated heterocycles. The fraction of sp³-hybridized carbons (Fsp3) is 0.286. The van der Waals surface area contributed by atoms with Crippen LogP contribution in [0.2, 0.25) is 0 Å². The molecule has 0 unspecified atom stereocenters. The molecule has 0 radical (unpaired) electrons. The number of rotatable bonds is 3. The number of hydrogen-bond acceptors (Lipinski definition) is 4. The lowest BCUT2D eigenvalue weighted by Gasteiger charge is -2.11. The number of halogens is 4. The van der Waals surface area contributed by atoms with Gasteiger partial charge in [-0.05, 0) is 15.9 Å². The molecule has 0 spiro atoms. The van der Waals surface area contributed by atoms with Crippen LogP contribution in [0.25, 0.3) is 0 Å². The lowest BCUT2D eigenvalue weighted by Crippen LogP contribution is -2.03. The first-order valence-electron chi connectivity index (χ1n) is 3.74. The summed E-state index contributed by atoms with van der Waals surface area (Å²) in [6.45, 7) is 0. The Morgan fingerprint density at radius 3 is 2.50 bits per heavy atom. The Balaban J connectivity index is 3.62. The first-order valence-corrected chi connectivity index (χ1v) is 6.84. The third-order valence-electron chi connectivity index (χ3n) is 1.67. The van der Waals surface area contributed by atoms with Crippen LogP contribution < -0.4 is 4.74 Å². The van der Waals surface area contributed by atoms with Crippen LogP contribution in [0, 0.1) is 0 Å². The van der Waals surface area contributed by atoms with E-state index in [1.165, 1.54) is 0 Å². The fourth-order valence-corrected chi connectivity index (χ4v) is 2.42. The third-order valence-corrected chi connectivity index (χ3v) is 3.62. The number of nitrogens with zero attached hydrogens (tertiary/aromatic N) is 1. The van der Waals surface area contributed by atoms with Crippen LogP contribution >= 0.6 is 26.6 Å². The molecule has 0 N–H and O–H groups in total. The SMILES string of the molecule is COc1c(S(=O)(=O)Cl)cnc(Br)c1C(F)F. The van der Waals surface area contributed by atoms with E-state index in [4.69, 9.17) is 10.7 Å². The minimum absolute atomic E-state index is 0.191. The van der Waals surface area contributed by atoms with Gasteiger partial charge >= 0.3 is 0 Å². The minimum atomic E-state index is -4.19. The largest absolute Gasteiger partial charge is 0.495 e. The molecule has 1 heterocycles. The smallest absolute Gasteiger partial charge is 0.270 e. The van der Waals surface area contributed by atoms with E-state index in [1.54, 1.807) is 0 Å². The Labute approximate surface area is 103 Å². The van der Waals surface area contributed by atoms with Gasteiger partial charge in [0.05, 0.1) is 18.9 Å². The molecule has 9 heteroatoms. The maximum Gasteiger partial charge on any atom is 0.270 e. The second-order valence-electron chi connectivity index (χ2n) is 2.60. The molecule has 0 atom stereocenters. The molecule has 1 aromatic heterocycles.